The van der Waals surface area contributed by atoms with Crippen LogP contribution in [0, 0.1) is 31.8 Å². The first-order valence-electron chi connectivity index (χ1n) is 20.8. The van der Waals surface area contributed by atoms with Crippen molar-refractivity contribution < 1.29 is 35.5 Å². The number of nitrogens with zero attached hydrogens (tertiary/aromatic N) is 2. The van der Waals surface area contributed by atoms with E-state index in [4.69, 9.17) is 15.4 Å². The van der Waals surface area contributed by atoms with E-state index >= 15 is 0 Å². The van der Waals surface area contributed by atoms with Gasteiger partial charge in [0.2, 0.25) is 0 Å². The van der Waals surface area contributed by atoms with E-state index in [0.29, 0.717) is 28.1 Å². The molecule has 0 saturated carbocycles. The van der Waals surface area contributed by atoms with Crippen molar-refractivity contribution >= 4 is 43.5 Å². The van der Waals surface area contributed by atoms with E-state index in [1.54, 1.807) is 24.4 Å². The number of benzene rings is 6. The van der Waals surface area contributed by atoms with Gasteiger partial charge in [-0.05, 0) is 81.4 Å². The number of aryl methyl sites for hydroxylation is 2. The monoisotopic (exact) mass is 859 g/mol. The van der Waals surface area contributed by atoms with Gasteiger partial charge in [0.15, 0.2) is 0 Å². The molecule has 6 aromatic carbocycles. The van der Waals surface area contributed by atoms with Gasteiger partial charge in [-0.25, -0.2) is 0 Å². The van der Waals surface area contributed by atoms with Gasteiger partial charge in [-0.3, -0.25) is 0 Å². The molecule has 3 nitrogen and oxygen atoms in total. The summed E-state index contributed by atoms with van der Waals surface area (Å²) in [7, 11) is 0. The molecular weight excluding hydrogens is 813 g/mol. The van der Waals surface area contributed by atoms with Gasteiger partial charge in [0.1, 0.15) is 5.58 Å². The van der Waals surface area contributed by atoms with Crippen LogP contribution in [0.25, 0.3) is 77.1 Å². The molecule has 0 unspecified atom stereocenters. The third-order valence-electron chi connectivity index (χ3n) is 8.84. The zero-order chi connectivity index (χ0) is 41.7. The minimum atomic E-state index is -2.27. The van der Waals surface area contributed by atoms with E-state index in [1.807, 2.05) is 62.4 Å². The average Bonchev–Trinajstić information content (AvgIpc) is 3.60. The van der Waals surface area contributed by atoms with Crippen molar-refractivity contribution in [3.05, 3.63) is 169 Å². The zero-order valence-electron chi connectivity index (χ0n) is 36.5. The Morgan fingerprint density at radius 2 is 1.58 bits per heavy atom. The fourth-order valence-corrected chi connectivity index (χ4v) is 6.47. The number of rotatable bonds is 5. The van der Waals surface area contributed by atoms with Crippen molar-refractivity contribution in [2.24, 2.45) is 5.92 Å². The molecular formula is C48H38IrN2O-2. The molecule has 3 aromatic heterocycles. The second kappa shape index (κ2) is 15.1. The van der Waals surface area contributed by atoms with Gasteiger partial charge in [0.25, 0.3) is 0 Å². The zero-order valence-corrected chi connectivity index (χ0v) is 30.9. The molecule has 4 heteroatoms. The third kappa shape index (κ3) is 7.05. The molecule has 0 fully saturated rings. The Morgan fingerprint density at radius 3 is 2.38 bits per heavy atom. The number of hydrogen-bond acceptors (Lipinski definition) is 3. The first-order valence-corrected chi connectivity index (χ1v) is 16.8. The van der Waals surface area contributed by atoms with E-state index in [-0.39, 0.29) is 37.2 Å². The Hall–Kier alpha value is -5.41. The summed E-state index contributed by atoms with van der Waals surface area (Å²) < 4.78 is 68.9. The molecule has 0 saturated heterocycles. The summed E-state index contributed by atoms with van der Waals surface area (Å²) in [5.74, 6) is -0.152. The van der Waals surface area contributed by atoms with Crippen LogP contribution in [0.4, 0.5) is 0 Å². The molecule has 0 aliphatic carbocycles. The molecule has 1 radical (unpaired) electrons. The van der Waals surface area contributed by atoms with Crippen LogP contribution in [0.5, 0.6) is 0 Å². The van der Waals surface area contributed by atoms with Crippen LogP contribution >= 0.6 is 0 Å². The summed E-state index contributed by atoms with van der Waals surface area (Å²) in [6.07, 6.45) is 1.54. The smallest absolute Gasteiger partial charge is 0.121 e. The van der Waals surface area contributed by atoms with E-state index in [0.717, 1.165) is 38.5 Å². The van der Waals surface area contributed by atoms with Crippen LogP contribution in [0.3, 0.4) is 0 Å². The van der Waals surface area contributed by atoms with Gasteiger partial charge in [-0.15, -0.1) is 47.5 Å². The van der Waals surface area contributed by atoms with Crippen molar-refractivity contribution in [3.8, 4) is 33.6 Å². The van der Waals surface area contributed by atoms with Gasteiger partial charge in [-0.1, -0.05) is 128 Å². The van der Waals surface area contributed by atoms with Crippen LogP contribution < -0.4 is 0 Å². The van der Waals surface area contributed by atoms with Crippen molar-refractivity contribution in [2.45, 2.75) is 33.9 Å². The molecule has 9 rings (SSSR count). The first-order chi connectivity index (χ1) is 28.1. The predicted octanol–water partition coefficient (Wildman–Crippen LogP) is 12.8. The molecule has 0 aliphatic rings. The molecule has 0 aliphatic heterocycles. The molecule has 0 atom stereocenters. The Morgan fingerprint density at radius 1 is 0.731 bits per heavy atom. The summed E-state index contributed by atoms with van der Waals surface area (Å²) in [5.41, 5.74) is 6.45. The number of furan rings is 1. The largest absolute Gasteiger partial charge is 0.501 e. The summed E-state index contributed by atoms with van der Waals surface area (Å²) in [6, 6.07) is 46.3. The maximum Gasteiger partial charge on any atom is 0.121 e. The summed E-state index contributed by atoms with van der Waals surface area (Å²) in [5, 5.41) is 6.80. The van der Waals surface area contributed by atoms with Crippen LogP contribution in [-0.4, -0.2) is 9.97 Å². The first kappa shape index (κ1) is 26.4. The van der Waals surface area contributed by atoms with Gasteiger partial charge in [0, 0.05) is 48.9 Å². The minimum Gasteiger partial charge on any atom is -0.501 e. The molecule has 9 aromatic rings. The summed E-state index contributed by atoms with van der Waals surface area (Å²) >= 11 is 0. The maximum atomic E-state index is 8.49. The van der Waals surface area contributed by atoms with E-state index in [1.165, 1.54) is 34.5 Å². The Kier molecular flexibility index (Phi) is 7.64. The topological polar surface area (TPSA) is 38.9 Å². The fraction of sp³-hybridized carbons (Fsp3) is 0.125. The summed E-state index contributed by atoms with van der Waals surface area (Å²) in [6.45, 7) is -0.699. The quantitative estimate of drug-likeness (QED) is 0.128. The van der Waals surface area contributed by atoms with Crippen LogP contribution in [0.1, 0.15) is 41.5 Å². The maximum absolute atomic E-state index is 8.49. The standard InChI is InChI=1S/C29H22NO.C19H16N.Ir/c1-18(2)14-19-12-13-30-27(15-19)24-9-5-8-23-26-16-21-11-10-20-6-3-4-7-22(20)25(21)17-28(26)31-29(23)24;1-14-8-11-19(20-13-14)17-10-9-15(2)18(12-17)16-6-4-3-5-7-16;/h3-8,10-13,15-18H,14H2,1-2H3;3-9,11-13H,1-2H3;/q2*-1;/i14D2;1D3,2D3;. The molecule has 0 amide bonds. The predicted molar refractivity (Wildman–Crippen MR) is 213 cm³/mol. The second-order valence-corrected chi connectivity index (χ2v) is 12.8. The van der Waals surface area contributed by atoms with Crippen molar-refractivity contribution in [3.63, 3.8) is 0 Å². The Bertz CT molecular complexity index is 2980. The molecule has 0 spiro atoms. The fourth-order valence-electron chi connectivity index (χ4n) is 6.47. The van der Waals surface area contributed by atoms with Crippen LogP contribution in [-0.2, 0) is 26.5 Å². The van der Waals surface area contributed by atoms with Gasteiger partial charge < -0.3 is 14.4 Å². The minimum absolute atomic E-state index is 0. The van der Waals surface area contributed by atoms with Gasteiger partial charge in [-0.2, -0.15) is 0 Å². The number of pyridine rings is 2. The van der Waals surface area contributed by atoms with Crippen molar-refractivity contribution in [2.75, 3.05) is 0 Å². The third-order valence-corrected chi connectivity index (χ3v) is 8.84. The Labute approximate surface area is 330 Å². The Balaban J connectivity index is 0.000000184. The van der Waals surface area contributed by atoms with Crippen LogP contribution in [0.2, 0.25) is 0 Å². The molecule has 257 valence electrons. The molecule has 0 N–H and O–H groups in total. The van der Waals surface area contributed by atoms with Gasteiger partial charge in [0.05, 0.1) is 5.58 Å². The SMILES string of the molecule is [2H]C([2H])([2H])c1ccc(-c2[c-]cc(C([2H])([2H])[2H])c(-c3ccccc3)c2)nc1.[2H]C([2H])(c1ccnc(-c2[c-]ccc3c2oc2cc4c(ccc5ccccc54)cc23)c1)C(C)C.[Ir]. The molecule has 0 bridgehead atoms. The van der Waals surface area contributed by atoms with Crippen molar-refractivity contribution in [1.29, 1.82) is 0 Å². The second-order valence-electron chi connectivity index (χ2n) is 12.8. The van der Waals surface area contributed by atoms with E-state index in [2.05, 4.69) is 70.6 Å². The average molecular weight is 859 g/mol. The number of hydrogen-bond donors (Lipinski definition) is 0. The van der Waals surface area contributed by atoms with Crippen LogP contribution in [0.15, 0.2) is 144 Å². The normalized spacial score (nSPS) is 14.2. The van der Waals surface area contributed by atoms with E-state index < -0.39 is 20.1 Å². The van der Waals surface area contributed by atoms with Gasteiger partial charge >= 0.3 is 0 Å². The van der Waals surface area contributed by atoms with E-state index in [9.17, 15) is 0 Å². The summed E-state index contributed by atoms with van der Waals surface area (Å²) in [4.78, 5) is 8.75. The number of fused-ring (bicyclic) bond motifs is 6. The number of aromatic nitrogens is 2. The van der Waals surface area contributed by atoms with Crippen molar-refractivity contribution in [1.82, 2.24) is 9.97 Å². The molecule has 3 heterocycles. The molecule has 52 heavy (non-hydrogen) atoms.